The fourth-order valence-electron chi connectivity index (χ4n) is 1.76. The first-order valence-electron chi connectivity index (χ1n) is 5.41. The van der Waals surface area contributed by atoms with Crippen molar-refractivity contribution in [2.75, 3.05) is 33.4 Å². The molecule has 1 atom stereocenters. The normalized spacial score (nSPS) is 20.2. The topological polar surface area (TPSA) is 41.6 Å². The molecule has 1 saturated heterocycles. The fraction of sp³-hybridized carbons (Fsp3) is 0.727. The van der Waals surface area contributed by atoms with Crippen molar-refractivity contribution < 1.29 is 9.53 Å². The van der Waals surface area contributed by atoms with Gasteiger partial charge in [-0.3, -0.25) is 4.79 Å². The van der Waals surface area contributed by atoms with Gasteiger partial charge in [0.05, 0.1) is 12.6 Å². The molecule has 0 unspecified atom stereocenters. The molecule has 0 saturated carbocycles. The molecule has 1 fully saturated rings. The van der Waals surface area contributed by atoms with Crippen LogP contribution in [0.2, 0.25) is 0 Å². The van der Waals surface area contributed by atoms with Crippen LogP contribution in [-0.2, 0) is 9.53 Å². The zero-order chi connectivity index (χ0) is 11.1. The predicted molar refractivity (Wildman–Crippen MR) is 59.7 cm³/mol. The minimum Gasteiger partial charge on any atom is -0.383 e. The van der Waals surface area contributed by atoms with Crippen LogP contribution >= 0.6 is 0 Å². The van der Waals surface area contributed by atoms with E-state index in [0.717, 1.165) is 19.4 Å². The second-order valence-corrected chi connectivity index (χ2v) is 3.71. The Balaban J connectivity index is 2.45. The zero-order valence-corrected chi connectivity index (χ0v) is 9.37. The number of methoxy groups -OCH3 is 1. The molecule has 1 heterocycles. The van der Waals surface area contributed by atoms with E-state index in [2.05, 4.69) is 11.9 Å². The lowest BCUT2D eigenvalue weighted by Crippen LogP contribution is -2.44. The van der Waals surface area contributed by atoms with E-state index in [-0.39, 0.29) is 11.9 Å². The van der Waals surface area contributed by atoms with Crippen molar-refractivity contribution in [3.8, 4) is 0 Å². The van der Waals surface area contributed by atoms with Crippen molar-refractivity contribution in [3.05, 3.63) is 12.7 Å². The summed E-state index contributed by atoms with van der Waals surface area (Å²) >= 11 is 0. The average molecular weight is 212 g/mol. The maximum absolute atomic E-state index is 12.0. The Kier molecular flexibility index (Phi) is 5.36. The highest BCUT2D eigenvalue weighted by molar-refractivity contribution is 5.82. The molecule has 0 radical (unpaired) electrons. The molecule has 0 aliphatic carbocycles. The predicted octanol–water partition coefficient (Wildman–Crippen LogP) is 0.399. The Morgan fingerprint density at radius 1 is 1.73 bits per heavy atom. The van der Waals surface area contributed by atoms with E-state index >= 15 is 0 Å². The minimum atomic E-state index is 0.00167. The quantitative estimate of drug-likeness (QED) is 0.648. The largest absolute Gasteiger partial charge is 0.383 e. The summed E-state index contributed by atoms with van der Waals surface area (Å²) < 4.78 is 4.98. The molecular formula is C11H20N2O2. The number of ether oxygens (including phenoxy) is 1. The Bertz CT molecular complexity index is 213. The summed E-state index contributed by atoms with van der Waals surface area (Å²) in [7, 11) is 1.64. The number of hydrogen-bond donors (Lipinski definition) is 1. The van der Waals surface area contributed by atoms with Gasteiger partial charge in [0.1, 0.15) is 0 Å². The van der Waals surface area contributed by atoms with E-state index in [1.807, 2.05) is 0 Å². The summed E-state index contributed by atoms with van der Waals surface area (Å²) in [4.78, 5) is 13.8. The molecule has 86 valence electrons. The Labute approximate surface area is 91.3 Å². The molecule has 1 aliphatic rings. The third kappa shape index (κ3) is 3.64. The van der Waals surface area contributed by atoms with Crippen LogP contribution in [0, 0.1) is 0 Å². The first kappa shape index (κ1) is 12.2. The van der Waals surface area contributed by atoms with Crippen molar-refractivity contribution in [2.45, 2.75) is 18.9 Å². The molecule has 15 heavy (non-hydrogen) atoms. The third-order valence-electron chi connectivity index (χ3n) is 2.58. The van der Waals surface area contributed by atoms with Crippen LogP contribution in [0.5, 0.6) is 0 Å². The maximum Gasteiger partial charge on any atom is 0.240 e. The Morgan fingerprint density at radius 3 is 3.07 bits per heavy atom. The van der Waals surface area contributed by atoms with E-state index in [1.54, 1.807) is 18.1 Å². The molecule has 0 bridgehead atoms. The number of rotatable bonds is 6. The fourth-order valence-corrected chi connectivity index (χ4v) is 1.76. The Morgan fingerprint density at radius 2 is 2.53 bits per heavy atom. The van der Waals surface area contributed by atoms with E-state index in [0.29, 0.717) is 19.7 Å². The number of hydrogen-bond acceptors (Lipinski definition) is 3. The summed E-state index contributed by atoms with van der Waals surface area (Å²) in [6.45, 7) is 6.42. The van der Waals surface area contributed by atoms with Gasteiger partial charge in [0.2, 0.25) is 5.91 Å². The van der Waals surface area contributed by atoms with Crippen LogP contribution in [-0.4, -0.2) is 50.2 Å². The van der Waals surface area contributed by atoms with E-state index in [4.69, 9.17) is 4.74 Å². The maximum atomic E-state index is 12.0. The second-order valence-electron chi connectivity index (χ2n) is 3.71. The monoisotopic (exact) mass is 212 g/mol. The molecule has 1 aliphatic heterocycles. The van der Waals surface area contributed by atoms with Gasteiger partial charge >= 0.3 is 0 Å². The first-order chi connectivity index (χ1) is 7.29. The van der Waals surface area contributed by atoms with Gasteiger partial charge in [0.15, 0.2) is 0 Å². The van der Waals surface area contributed by atoms with Crippen LogP contribution in [0.25, 0.3) is 0 Å². The highest BCUT2D eigenvalue weighted by atomic mass is 16.5. The second kappa shape index (κ2) is 6.58. The molecule has 1 rings (SSSR count). The van der Waals surface area contributed by atoms with E-state index in [1.165, 1.54) is 0 Å². The number of carbonyl (C=O) groups is 1. The van der Waals surface area contributed by atoms with Gasteiger partial charge in [-0.05, 0) is 19.4 Å². The van der Waals surface area contributed by atoms with Gasteiger partial charge in [-0.1, -0.05) is 6.08 Å². The molecule has 1 N–H and O–H groups in total. The van der Waals surface area contributed by atoms with Gasteiger partial charge in [-0.2, -0.15) is 0 Å². The van der Waals surface area contributed by atoms with E-state index < -0.39 is 0 Å². The third-order valence-corrected chi connectivity index (χ3v) is 2.58. The minimum absolute atomic E-state index is 0.00167. The van der Waals surface area contributed by atoms with Crippen LogP contribution in [0.4, 0.5) is 0 Å². The summed E-state index contributed by atoms with van der Waals surface area (Å²) in [6, 6.07) is 0.00167. The van der Waals surface area contributed by atoms with Crippen LogP contribution in [0.15, 0.2) is 12.7 Å². The van der Waals surface area contributed by atoms with Crippen molar-refractivity contribution in [1.82, 2.24) is 10.2 Å². The van der Waals surface area contributed by atoms with Crippen molar-refractivity contribution in [2.24, 2.45) is 0 Å². The van der Waals surface area contributed by atoms with Gasteiger partial charge in [-0.25, -0.2) is 0 Å². The molecule has 1 amide bonds. The van der Waals surface area contributed by atoms with Crippen LogP contribution in [0.1, 0.15) is 12.8 Å². The lowest BCUT2D eigenvalue weighted by Gasteiger charge is -2.24. The van der Waals surface area contributed by atoms with Gasteiger partial charge in [0.25, 0.3) is 0 Å². The van der Waals surface area contributed by atoms with Gasteiger partial charge in [-0.15, -0.1) is 6.58 Å². The molecule has 0 spiro atoms. The first-order valence-corrected chi connectivity index (χ1v) is 5.41. The summed E-state index contributed by atoms with van der Waals surface area (Å²) in [5, 5.41) is 3.21. The smallest absolute Gasteiger partial charge is 0.240 e. The van der Waals surface area contributed by atoms with Crippen LogP contribution < -0.4 is 5.32 Å². The standard InChI is InChI=1S/C11H20N2O2/c1-3-7-13(8-9-15-2)11(14)10-5-4-6-12-10/h3,10,12H,1,4-9H2,2H3/t10-/m1/s1. The molecule has 4 heteroatoms. The van der Waals surface area contributed by atoms with E-state index in [9.17, 15) is 4.79 Å². The van der Waals surface area contributed by atoms with Gasteiger partial charge in [0, 0.05) is 20.2 Å². The highest BCUT2D eigenvalue weighted by Gasteiger charge is 2.25. The molecular weight excluding hydrogens is 192 g/mol. The van der Waals surface area contributed by atoms with Crippen molar-refractivity contribution >= 4 is 5.91 Å². The highest BCUT2D eigenvalue weighted by Crippen LogP contribution is 2.08. The number of amides is 1. The number of carbonyl (C=O) groups excluding carboxylic acids is 1. The molecule has 0 aromatic rings. The Hall–Kier alpha value is -0.870. The van der Waals surface area contributed by atoms with Gasteiger partial charge < -0.3 is 15.0 Å². The lowest BCUT2D eigenvalue weighted by molar-refractivity contribution is -0.133. The summed E-state index contributed by atoms with van der Waals surface area (Å²) in [5.74, 6) is 0.171. The number of nitrogens with zero attached hydrogens (tertiary/aromatic N) is 1. The SMILES string of the molecule is C=CCN(CCOC)C(=O)[C@H]1CCCN1. The molecule has 4 nitrogen and oxygen atoms in total. The van der Waals surface area contributed by atoms with Crippen molar-refractivity contribution in [1.29, 1.82) is 0 Å². The van der Waals surface area contributed by atoms with Crippen LogP contribution in [0.3, 0.4) is 0 Å². The average Bonchev–Trinajstić information content (AvgIpc) is 2.76. The summed E-state index contributed by atoms with van der Waals surface area (Å²) in [6.07, 6.45) is 3.78. The number of nitrogens with one attached hydrogen (secondary N) is 1. The molecule has 0 aromatic carbocycles. The van der Waals surface area contributed by atoms with Crippen molar-refractivity contribution in [3.63, 3.8) is 0 Å². The summed E-state index contributed by atoms with van der Waals surface area (Å²) in [5.41, 5.74) is 0. The lowest BCUT2D eigenvalue weighted by atomic mass is 10.2. The zero-order valence-electron chi connectivity index (χ0n) is 9.37. The molecule has 0 aromatic heterocycles.